The van der Waals surface area contributed by atoms with Gasteiger partial charge < -0.3 is 9.47 Å². The minimum Gasteiger partial charge on any atom is -0.444 e. The average molecular weight is 627 g/mol. The molecular weight excluding hydrogens is 587 g/mol. The van der Waals surface area contributed by atoms with Gasteiger partial charge >= 0.3 is 12.0 Å². The Kier molecular flexibility index (Phi) is 7.84. The number of quaternary nitrogens is 1. The summed E-state index contributed by atoms with van der Waals surface area (Å²) in [5.41, 5.74) is 1.47. The Morgan fingerprint density at radius 2 is 1.80 bits per heavy atom. The molecule has 3 fully saturated rings. The molecule has 4 unspecified atom stereocenters. The summed E-state index contributed by atoms with van der Waals surface area (Å²) in [5.74, 6) is -4.43. The first kappa shape index (κ1) is 31.3. The van der Waals surface area contributed by atoms with Crippen LogP contribution in [0.5, 0.6) is 0 Å². The zero-order valence-electron chi connectivity index (χ0n) is 25.8. The van der Waals surface area contributed by atoms with E-state index in [2.05, 4.69) is 6.58 Å². The molecule has 11 heteroatoms. The van der Waals surface area contributed by atoms with Crippen molar-refractivity contribution in [2.75, 3.05) is 24.8 Å². The first-order valence-electron chi connectivity index (χ1n) is 15.4. The fourth-order valence-electron chi connectivity index (χ4n) is 7.43. The van der Waals surface area contributed by atoms with Gasteiger partial charge in [-0.15, -0.1) is 0 Å². The number of ether oxygens (including phenoxy) is 2. The molecular formula is C34H39F3N3O5+. The van der Waals surface area contributed by atoms with Crippen molar-refractivity contribution in [1.29, 1.82) is 0 Å². The van der Waals surface area contributed by atoms with Crippen molar-refractivity contribution in [3.8, 4) is 0 Å². The highest BCUT2D eigenvalue weighted by Gasteiger charge is 2.66. The molecule has 4 atom stereocenters. The fraction of sp³-hybridized carbons (Fsp3) is 0.500. The maximum Gasteiger partial charge on any atom is 0.412 e. The Bertz CT molecular complexity index is 1530. The van der Waals surface area contributed by atoms with E-state index in [1.165, 1.54) is 28.0 Å². The second kappa shape index (κ2) is 11.3. The van der Waals surface area contributed by atoms with Crippen molar-refractivity contribution < 1.29 is 41.5 Å². The summed E-state index contributed by atoms with van der Waals surface area (Å²) >= 11 is 0. The van der Waals surface area contributed by atoms with Crippen LogP contribution in [-0.4, -0.2) is 70.8 Å². The third-order valence-electron chi connectivity index (χ3n) is 9.62. The number of benzene rings is 2. The van der Waals surface area contributed by atoms with Crippen LogP contribution < -0.4 is 4.90 Å². The zero-order chi connectivity index (χ0) is 32.3. The Balaban J connectivity index is 1.41. The number of hydrogen-bond acceptors (Lipinski definition) is 5. The maximum absolute atomic E-state index is 15.0. The summed E-state index contributed by atoms with van der Waals surface area (Å²) in [5, 5.41) is 0. The van der Waals surface area contributed by atoms with Crippen LogP contribution >= 0.6 is 0 Å². The lowest BCUT2D eigenvalue weighted by Crippen LogP contribution is -2.69. The van der Waals surface area contributed by atoms with E-state index in [-0.39, 0.29) is 67.4 Å². The Hall–Kier alpha value is -3.70. The van der Waals surface area contributed by atoms with Gasteiger partial charge in [0.2, 0.25) is 11.8 Å². The van der Waals surface area contributed by atoms with Crippen LogP contribution in [0.4, 0.5) is 23.7 Å². The number of alkyl halides is 2. The monoisotopic (exact) mass is 626 g/mol. The van der Waals surface area contributed by atoms with Gasteiger partial charge in [-0.25, -0.2) is 27.2 Å². The third-order valence-corrected chi connectivity index (χ3v) is 9.62. The van der Waals surface area contributed by atoms with Gasteiger partial charge in [-0.05, 0) is 56.7 Å². The molecule has 8 nitrogen and oxygen atoms in total. The summed E-state index contributed by atoms with van der Waals surface area (Å²) < 4.78 is 54.2. The van der Waals surface area contributed by atoms with Gasteiger partial charge in [-0.2, -0.15) is 0 Å². The number of hydrogen-bond donors (Lipinski definition) is 0. The molecule has 4 aliphatic heterocycles. The van der Waals surface area contributed by atoms with Crippen LogP contribution in [0.25, 0.3) is 0 Å². The number of nitrogens with zero attached hydrogens (tertiary/aromatic N) is 3. The second-order valence-electron chi connectivity index (χ2n) is 13.6. The number of carbonyl (C=O) groups excluding carboxylic acids is 3. The Labute approximate surface area is 261 Å². The first-order chi connectivity index (χ1) is 21.2. The highest BCUT2D eigenvalue weighted by molar-refractivity contribution is 6.01. The van der Waals surface area contributed by atoms with Gasteiger partial charge in [0.1, 0.15) is 42.4 Å². The molecule has 3 amide bonds. The summed E-state index contributed by atoms with van der Waals surface area (Å²) in [7, 11) is 0. The number of carbonyl (C=O) groups is 3. The van der Waals surface area contributed by atoms with E-state index >= 15 is 4.79 Å². The van der Waals surface area contributed by atoms with Crippen molar-refractivity contribution in [2.45, 2.75) is 88.4 Å². The molecule has 0 spiro atoms. The number of rotatable bonds is 5. The van der Waals surface area contributed by atoms with Crippen molar-refractivity contribution >= 4 is 23.6 Å². The van der Waals surface area contributed by atoms with Crippen LogP contribution in [0.2, 0.25) is 0 Å². The topological polar surface area (TPSA) is 76.2 Å². The predicted molar refractivity (Wildman–Crippen MR) is 160 cm³/mol. The average Bonchev–Trinajstić information content (AvgIpc) is 3.37. The molecule has 2 bridgehead atoms. The summed E-state index contributed by atoms with van der Waals surface area (Å²) in [6, 6.07) is 10.6. The summed E-state index contributed by atoms with van der Waals surface area (Å²) in [6.07, 6.45) is -1.21. The summed E-state index contributed by atoms with van der Waals surface area (Å²) in [6.45, 7) is 9.93. The van der Waals surface area contributed by atoms with Crippen LogP contribution in [-0.2, 0) is 19.1 Å². The Morgan fingerprint density at radius 1 is 1.11 bits per heavy atom. The van der Waals surface area contributed by atoms with E-state index in [1.807, 2.05) is 12.1 Å². The largest absolute Gasteiger partial charge is 0.444 e. The van der Waals surface area contributed by atoms with E-state index in [9.17, 15) is 22.8 Å². The fourth-order valence-corrected chi connectivity index (χ4v) is 7.43. The standard InChI is InChI=1S/C34H39F3N3O5/c1-21-28-18-40(21,25-12-14-34(36,37)15-13-25)31(42)30(27-11-6-5-10-26(27)28)39(23-9-7-8-22(35)16-23)29(41)17-24-19-44-20-38(24)32(43)45-33(2,3)4/h5-11,16,24-25,28,30H,1,12-15,17-20H2,2-4H3/q+1. The Morgan fingerprint density at radius 3 is 2.44 bits per heavy atom. The lowest BCUT2D eigenvalue weighted by atomic mass is 9.79. The highest BCUT2D eigenvalue weighted by atomic mass is 19.3. The van der Waals surface area contributed by atoms with E-state index < -0.39 is 47.5 Å². The molecule has 7 rings (SSSR count). The summed E-state index contributed by atoms with van der Waals surface area (Å²) in [4.78, 5) is 45.2. The molecule has 5 aliphatic rings. The van der Waals surface area contributed by atoms with Crippen LogP contribution in [0.3, 0.4) is 0 Å². The van der Waals surface area contributed by atoms with E-state index in [4.69, 9.17) is 9.47 Å². The minimum atomic E-state index is -2.79. The smallest absolute Gasteiger partial charge is 0.412 e. The van der Waals surface area contributed by atoms with Crippen molar-refractivity contribution in [1.82, 2.24) is 4.90 Å². The van der Waals surface area contributed by atoms with Gasteiger partial charge in [0.25, 0.3) is 0 Å². The molecule has 240 valence electrons. The minimum absolute atomic E-state index is 0.0637. The van der Waals surface area contributed by atoms with Crippen LogP contribution in [0.1, 0.15) is 76.0 Å². The molecule has 2 aromatic carbocycles. The third kappa shape index (κ3) is 5.54. The van der Waals surface area contributed by atoms with Gasteiger partial charge in [0.05, 0.1) is 19.1 Å². The quantitative estimate of drug-likeness (QED) is 0.358. The SMILES string of the molecule is C=C1C2C[N+]1(C1CCC(F)(F)CC1)C(=O)C(N(C(=O)CC1COCN1C(=O)OC(C)(C)C)c1cccc(F)c1)c1ccccc12. The molecule has 0 N–H and O–H groups in total. The van der Waals surface area contributed by atoms with Crippen molar-refractivity contribution in [3.05, 3.63) is 77.8 Å². The van der Waals surface area contributed by atoms with Crippen molar-refractivity contribution in [2.24, 2.45) is 0 Å². The number of halogens is 3. The second-order valence-corrected chi connectivity index (χ2v) is 13.6. The zero-order valence-corrected chi connectivity index (χ0v) is 25.8. The molecule has 1 saturated carbocycles. The molecule has 2 saturated heterocycles. The molecule has 4 heterocycles. The van der Waals surface area contributed by atoms with Gasteiger partial charge in [-0.1, -0.05) is 30.3 Å². The van der Waals surface area contributed by atoms with Crippen LogP contribution in [0.15, 0.2) is 60.8 Å². The lowest BCUT2D eigenvalue weighted by molar-refractivity contribution is -0.881. The van der Waals surface area contributed by atoms with E-state index in [0.717, 1.165) is 5.56 Å². The van der Waals surface area contributed by atoms with Crippen LogP contribution in [0, 0.1) is 5.82 Å². The molecule has 1 aliphatic carbocycles. The molecule has 0 radical (unpaired) electrons. The molecule has 2 aromatic rings. The van der Waals surface area contributed by atoms with E-state index in [0.29, 0.717) is 17.8 Å². The number of anilines is 1. The first-order valence-corrected chi connectivity index (χ1v) is 15.4. The predicted octanol–water partition coefficient (Wildman–Crippen LogP) is 6.43. The number of amides is 3. The van der Waals surface area contributed by atoms with Gasteiger partial charge in [0.15, 0.2) is 6.04 Å². The van der Waals surface area contributed by atoms with Gasteiger partial charge in [0, 0.05) is 31.4 Å². The molecule has 0 aromatic heterocycles. The highest BCUT2D eigenvalue weighted by Crippen LogP contribution is 2.56. The lowest BCUT2D eigenvalue weighted by Gasteiger charge is -2.54. The maximum atomic E-state index is 15.0. The van der Waals surface area contributed by atoms with E-state index in [1.54, 1.807) is 39.0 Å². The normalized spacial score (nSPS) is 27.8. The molecule has 45 heavy (non-hydrogen) atoms. The number of fused-ring (bicyclic) bond motifs is 1. The van der Waals surface area contributed by atoms with Gasteiger partial charge in [-0.3, -0.25) is 14.6 Å². The van der Waals surface area contributed by atoms with Crippen molar-refractivity contribution in [3.63, 3.8) is 0 Å².